The summed E-state index contributed by atoms with van der Waals surface area (Å²) in [7, 11) is -2.29. The monoisotopic (exact) mass is 605 g/mol. The predicted octanol–water partition coefficient (Wildman–Crippen LogP) is 2.65. The normalized spacial score (nSPS) is 15.7. The summed E-state index contributed by atoms with van der Waals surface area (Å²) in [5.41, 5.74) is 0.0231. The van der Waals surface area contributed by atoms with Gasteiger partial charge in [0.2, 0.25) is 10.0 Å². The summed E-state index contributed by atoms with van der Waals surface area (Å²) < 4.78 is 35.6. The predicted molar refractivity (Wildman–Crippen MR) is 161 cm³/mol. The molecule has 0 spiro atoms. The van der Waals surface area contributed by atoms with Crippen LogP contribution in [-0.4, -0.2) is 83.5 Å². The average molecular weight is 606 g/mol. The van der Waals surface area contributed by atoms with E-state index < -0.39 is 40.0 Å². The number of esters is 1. The maximum Gasteiger partial charge on any atom is 0.339 e. The van der Waals surface area contributed by atoms with Gasteiger partial charge in [-0.05, 0) is 37.7 Å². The van der Waals surface area contributed by atoms with Crippen LogP contribution in [0.4, 0.5) is 10.6 Å². The number of aromatic nitrogens is 2. The van der Waals surface area contributed by atoms with Gasteiger partial charge in [0.15, 0.2) is 12.1 Å². The molecule has 1 aromatic carbocycles. The summed E-state index contributed by atoms with van der Waals surface area (Å²) in [4.78, 5) is 43.6. The quantitative estimate of drug-likeness (QED) is 0.294. The fourth-order valence-electron chi connectivity index (χ4n) is 4.93. The number of carbonyl (C=O) groups is 2. The Morgan fingerprint density at radius 1 is 1.14 bits per heavy atom. The van der Waals surface area contributed by atoms with Crippen LogP contribution in [0.3, 0.4) is 0 Å². The molecule has 42 heavy (non-hydrogen) atoms. The van der Waals surface area contributed by atoms with Crippen molar-refractivity contribution in [3.05, 3.63) is 52.1 Å². The second-order valence-electron chi connectivity index (χ2n) is 10.7. The minimum absolute atomic E-state index is 0.0145. The summed E-state index contributed by atoms with van der Waals surface area (Å²) in [5.74, 6) is -0.725. The van der Waals surface area contributed by atoms with Crippen molar-refractivity contribution in [1.82, 2.24) is 23.7 Å². The number of fused-ring (bicyclic) bond motifs is 1. The molecule has 0 saturated carbocycles. The lowest BCUT2D eigenvalue weighted by Gasteiger charge is -2.39. The van der Waals surface area contributed by atoms with Crippen molar-refractivity contribution in [2.75, 3.05) is 31.3 Å². The molecule has 2 atom stereocenters. The van der Waals surface area contributed by atoms with Crippen molar-refractivity contribution in [3.63, 3.8) is 0 Å². The van der Waals surface area contributed by atoms with Crippen LogP contribution in [0.25, 0.3) is 0 Å². The SMILES string of the molecule is CCCN1C(=N)c2c(n(Cc3ccccc3)c(=O)n2C(=O)N(C)C(CC(C)C)C(=O)OCC)NC1NS(=O)(=O)CCC. The highest BCUT2D eigenvalue weighted by atomic mass is 32.2. The van der Waals surface area contributed by atoms with Crippen LogP contribution in [0.5, 0.6) is 0 Å². The third kappa shape index (κ3) is 7.21. The number of rotatable bonds is 13. The first-order chi connectivity index (χ1) is 19.9. The van der Waals surface area contributed by atoms with E-state index in [4.69, 9.17) is 10.1 Å². The van der Waals surface area contributed by atoms with Crippen molar-refractivity contribution in [3.8, 4) is 0 Å². The molecular weight excluding hydrogens is 562 g/mol. The minimum Gasteiger partial charge on any atom is -0.464 e. The van der Waals surface area contributed by atoms with E-state index in [2.05, 4.69) is 10.0 Å². The van der Waals surface area contributed by atoms with Gasteiger partial charge in [-0.1, -0.05) is 58.0 Å². The maximum atomic E-state index is 14.1. The van der Waals surface area contributed by atoms with Gasteiger partial charge in [0.05, 0.1) is 18.9 Å². The Morgan fingerprint density at radius 2 is 1.81 bits per heavy atom. The topological polar surface area (TPSA) is 159 Å². The highest BCUT2D eigenvalue weighted by Gasteiger charge is 2.40. The molecule has 0 aliphatic carbocycles. The van der Waals surface area contributed by atoms with Gasteiger partial charge in [-0.25, -0.2) is 27.4 Å². The van der Waals surface area contributed by atoms with E-state index in [0.29, 0.717) is 19.3 Å². The minimum atomic E-state index is -3.72. The number of benzene rings is 1. The Labute approximate surface area is 247 Å². The van der Waals surface area contributed by atoms with Gasteiger partial charge in [0.25, 0.3) is 0 Å². The molecule has 1 aliphatic heterocycles. The zero-order chi connectivity index (χ0) is 31.2. The van der Waals surface area contributed by atoms with E-state index >= 15 is 0 Å². The van der Waals surface area contributed by atoms with Crippen molar-refractivity contribution in [1.29, 1.82) is 5.41 Å². The Hall–Kier alpha value is -3.65. The van der Waals surface area contributed by atoms with E-state index in [-0.39, 0.29) is 48.7 Å². The van der Waals surface area contributed by atoms with E-state index in [9.17, 15) is 22.8 Å². The highest BCUT2D eigenvalue weighted by Crippen LogP contribution is 2.27. The van der Waals surface area contributed by atoms with Gasteiger partial charge >= 0.3 is 17.7 Å². The number of amidine groups is 1. The lowest BCUT2D eigenvalue weighted by Crippen LogP contribution is -2.59. The van der Waals surface area contributed by atoms with E-state index in [1.165, 1.54) is 21.4 Å². The summed E-state index contributed by atoms with van der Waals surface area (Å²) in [6.45, 7) is 9.59. The zero-order valence-corrected chi connectivity index (χ0v) is 26.0. The molecule has 1 amide bonds. The fourth-order valence-corrected chi connectivity index (χ4v) is 6.12. The number of imidazole rings is 1. The van der Waals surface area contributed by atoms with Crippen molar-refractivity contribution < 1.29 is 22.7 Å². The van der Waals surface area contributed by atoms with Crippen molar-refractivity contribution >= 4 is 33.7 Å². The number of amides is 1. The number of anilines is 1. The number of ether oxygens (including phenoxy) is 1. The molecule has 2 aromatic rings. The summed E-state index contributed by atoms with van der Waals surface area (Å²) in [6, 6.07) is 7.37. The first-order valence-electron chi connectivity index (χ1n) is 14.3. The Morgan fingerprint density at radius 3 is 2.38 bits per heavy atom. The van der Waals surface area contributed by atoms with Crippen LogP contribution in [0.1, 0.15) is 65.1 Å². The number of sulfonamides is 1. The molecule has 13 nitrogen and oxygen atoms in total. The lowest BCUT2D eigenvalue weighted by atomic mass is 10.0. The van der Waals surface area contributed by atoms with E-state index in [1.807, 2.05) is 51.1 Å². The molecule has 0 fully saturated rings. The summed E-state index contributed by atoms with van der Waals surface area (Å²) >= 11 is 0. The van der Waals surface area contributed by atoms with Crippen molar-refractivity contribution in [2.45, 2.75) is 72.8 Å². The van der Waals surface area contributed by atoms with E-state index in [1.54, 1.807) is 13.8 Å². The molecule has 2 heterocycles. The maximum absolute atomic E-state index is 14.1. The third-order valence-electron chi connectivity index (χ3n) is 6.86. The standard InChI is InChI=1S/C28H43N7O6S/c1-7-15-33-23(29)22-24(30-26(33)31-42(39,40)16-8-2)34(18-20-13-11-10-12-14-20)28(38)35(22)27(37)32(6)21(17-19(4)5)25(36)41-9-3/h10-14,19,21,26,29-31H,7-9,15-18H2,1-6H3. The number of hydrogen-bond acceptors (Lipinski definition) is 8. The van der Waals surface area contributed by atoms with Crippen LogP contribution in [0.15, 0.2) is 35.1 Å². The Balaban J connectivity index is 2.20. The molecule has 3 N–H and O–H groups in total. The number of carbonyl (C=O) groups excluding carboxylic acids is 2. The molecule has 0 radical (unpaired) electrons. The van der Waals surface area contributed by atoms with Crippen molar-refractivity contribution in [2.24, 2.45) is 5.92 Å². The molecule has 232 valence electrons. The fraction of sp³-hybridized carbons (Fsp3) is 0.571. The van der Waals surface area contributed by atoms with Crippen LogP contribution >= 0.6 is 0 Å². The Bertz CT molecular complexity index is 1430. The number of hydrogen-bond donors (Lipinski definition) is 3. The molecule has 2 unspecified atom stereocenters. The third-order valence-corrected chi connectivity index (χ3v) is 8.39. The zero-order valence-electron chi connectivity index (χ0n) is 25.2. The molecular formula is C28H43N7O6S. The van der Waals surface area contributed by atoms with Crippen LogP contribution in [0.2, 0.25) is 0 Å². The molecule has 0 bridgehead atoms. The first-order valence-corrected chi connectivity index (χ1v) is 16.0. The van der Waals surface area contributed by atoms with Gasteiger partial charge in [-0.2, -0.15) is 4.72 Å². The van der Waals surface area contributed by atoms with Gasteiger partial charge < -0.3 is 19.9 Å². The van der Waals surface area contributed by atoms with Crippen LogP contribution in [-0.2, 0) is 26.1 Å². The second-order valence-corrected chi connectivity index (χ2v) is 12.6. The molecule has 1 aliphatic rings. The van der Waals surface area contributed by atoms with Gasteiger partial charge in [-0.3, -0.25) is 9.98 Å². The van der Waals surface area contributed by atoms with Gasteiger partial charge in [-0.15, -0.1) is 0 Å². The molecule has 14 heteroatoms. The van der Waals surface area contributed by atoms with Crippen LogP contribution < -0.4 is 15.7 Å². The van der Waals surface area contributed by atoms with Crippen LogP contribution in [0, 0.1) is 11.3 Å². The Kier molecular flexibility index (Phi) is 11.0. The lowest BCUT2D eigenvalue weighted by molar-refractivity contribution is -0.148. The van der Waals surface area contributed by atoms with Gasteiger partial charge in [0, 0.05) is 13.6 Å². The summed E-state index contributed by atoms with van der Waals surface area (Å²) in [6.07, 6.45) is 0.210. The first kappa shape index (κ1) is 32.9. The average Bonchev–Trinajstić information content (AvgIpc) is 3.20. The summed E-state index contributed by atoms with van der Waals surface area (Å²) in [5, 5.41) is 12.2. The molecule has 3 rings (SSSR count). The van der Waals surface area contributed by atoms with E-state index in [0.717, 1.165) is 10.1 Å². The number of nitrogens with one attached hydrogen (secondary N) is 3. The van der Waals surface area contributed by atoms with Gasteiger partial charge in [0.1, 0.15) is 17.6 Å². The highest BCUT2D eigenvalue weighted by molar-refractivity contribution is 7.89. The second kappa shape index (κ2) is 14.0. The number of likely N-dealkylation sites (N-methyl/N-ethyl adjacent to an activating group) is 1. The smallest absolute Gasteiger partial charge is 0.339 e. The largest absolute Gasteiger partial charge is 0.464 e. The molecule has 1 aromatic heterocycles. The molecule has 0 saturated heterocycles. The number of nitrogens with zero attached hydrogens (tertiary/aromatic N) is 4.